The molecule has 0 aliphatic rings. The zero-order valence-corrected chi connectivity index (χ0v) is 17.9. The summed E-state index contributed by atoms with van der Waals surface area (Å²) in [5, 5.41) is 2.92. The Hall–Kier alpha value is -2.07. The van der Waals surface area contributed by atoms with Gasteiger partial charge in [0.1, 0.15) is 0 Å². The highest BCUT2D eigenvalue weighted by molar-refractivity contribution is 7.98. The molecule has 0 bridgehead atoms. The van der Waals surface area contributed by atoms with Gasteiger partial charge in [-0.2, -0.15) is 11.8 Å². The van der Waals surface area contributed by atoms with E-state index >= 15 is 0 Å². The van der Waals surface area contributed by atoms with E-state index in [0.29, 0.717) is 18.4 Å². The van der Waals surface area contributed by atoms with E-state index in [4.69, 9.17) is 0 Å². The SMILES string of the molecule is C\C=C/C=C\C=C(/C)Cc1ccc(C)cc1C(=O)NC(CCSC)C(C)=O. The highest BCUT2D eigenvalue weighted by atomic mass is 32.2. The third kappa shape index (κ3) is 8.44. The fourth-order valence-corrected chi connectivity index (χ4v) is 3.13. The molecule has 0 aliphatic heterocycles. The quantitative estimate of drug-likeness (QED) is 0.573. The number of amides is 1. The molecule has 4 heteroatoms. The first-order valence-corrected chi connectivity index (χ1v) is 10.6. The zero-order valence-electron chi connectivity index (χ0n) is 17.0. The predicted molar refractivity (Wildman–Crippen MR) is 118 cm³/mol. The average molecular weight is 386 g/mol. The molecule has 0 fully saturated rings. The third-order valence-electron chi connectivity index (χ3n) is 4.18. The number of carbonyl (C=O) groups is 2. The molecule has 146 valence electrons. The number of Topliss-reactive ketones (excluding diaryl/α,β-unsaturated/α-hetero) is 1. The lowest BCUT2D eigenvalue weighted by Crippen LogP contribution is -2.40. The number of carbonyl (C=O) groups excluding carboxylic acids is 2. The molecule has 1 aromatic carbocycles. The third-order valence-corrected chi connectivity index (χ3v) is 4.83. The van der Waals surface area contributed by atoms with Crippen LogP contribution in [0.1, 0.15) is 48.7 Å². The van der Waals surface area contributed by atoms with Crippen LogP contribution in [0.4, 0.5) is 0 Å². The fraction of sp³-hybridized carbons (Fsp3) is 0.391. The maximum absolute atomic E-state index is 12.9. The lowest BCUT2D eigenvalue weighted by Gasteiger charge is -2.17. The normalized spacial score (nSPS) is 13.3. The minimum absolute atomic E-state index is 0.00297. The number of thioether (sulfide) groups is 1. The van der Waals surface area contributed by atoms with E-state index in [9.17, 15) is 9.59 Å². The second kappa shape index (κ2) is 12.3. The van der Waals surface area contributed by atoms with Gasteiger partial charge in [0, 0.05) is 5.56 Å². The van der Waals surface area contributed by atoms with Crippen molar-refractivity contribution in [2.75, 3.05) is 12.0 Å². The molecular weight excluding hydrogens is 354 g/mol. The van der Waals surface area contributed by atoms with Gasteiger partial charge in [0.2, 0.25) is 0 Å². The van der Waals surface area contributed by atoms with Crippen molar-refractivity contribution in [3.63, 3.8) is 0 Å². The summed E-state index contributed by atoms with van der Waals surface area (Å²) in [6, 6.07) is 5.49. The standard InChI is InChI=1S/C23H31NO2S/c1-6-7-8-9-10-17(2)15-20-12-11-18(3)16-21(20)23(26)24-22(19(4)25)13-14-27-5/h6-12,16,22H,13-15H2,1-5H3,(H,24,26)/b7-6-,9-8-,17-10+. The molecule has 1 unspecified atom stereocenters. The molecule has 0 heterocycles. The van der Waals surface area contributed by atoms with Crippen LogP contribution in [0.15, 0.2) is 54.2 Å². The largest absolute Gasteiger partial charge is 0.342 e. The highest BCUT2D eigenvalue weighted by Gasteiger charge is 2.19. The van der Waals surface area contributed by atoms with Crippen LogP contribution in [0.2, 0.25) is 0 Å². The van der Waals surface area contributed by atoms with E-state index in [1.54, 1.807) is 11.8 Å². The summed E-state index contributed by atoms with van der Waals surface area (Å²) in [6.07, 6.45) is 13.3. The summed E-state index contributed by atoms with van der Waals surface area (Å²) in [7, 11) is 0. The van der Waals surface area contributed by atoms with Crippen molar-refractivity contribution in [3.05, 3.63) is 70.8 Å². The molecule has 0 saturated heterocycles. The van der Waals surface area contributed by atoms with Crippen LogP contribution in [0.25, 0.3) is 0 Å². The number of hydrogen-bond donors (Lipinski definition) is 1. The van der Waals surface area contributed by atoms with Crippen molar-refractivity contribution in [2.24, 2.45) is 0 Å². The number of nitrogens with one attached hydrogen (secondary N) is 1. The van der Waals surface area contributed by atoms with Crippen molar-refractivity contribution in [2.45, 2.75) is 46.6 Å². The summed E-state index contributed by atoms with van der Waals surface area (Å²) in [6.45, 7) is 7.54. The number of benzene rings is 1. The van der Waals surface area contributed by atoms with Gasteiger partial charge in [0.25, 0.3) is 5.91 Å². The molecule has 1 atom stereocenters. The predicted octanol–water partition coefficient (Wildman–Crippen LogP) is 5.06. The smallest absolute Gasteiger partial charge is 0.252 e. The second-order valence-corrected chi connectivity index (χ2v) is 7.66. The van der Waals surface area contributed by atoms with Crippen LogP contribution >= 0.6 is 11.8 Å². The highest BCUT2D eigenvalue weighted by Crippen LogP contribution is 2.17. The van der Waals surface area contributed by atoms with E-state index in [1.165, 1.54) is 12.5 Å². The number of aryl methyl sites for hydroxylation is 1. The van der Waals surface area contributed by atoms with Crippen LogP contribution in [-0.4, -0.2) is 29.7 Å². The molecule has 0 aromatic heterocycles. The van der Waals surface area contributed by atoms with Crippen LogP contribution < -0.4 is 5.32 Å². The number of rotatable bonds is 10. The van der Waals surface area contributed by atoms with E-state index in [2.05, 4.69) is 18.3 Å². The first-order valence-electron chi connectivity index (χ1n) is 9.24. The first-order chi connectivity index (χ1) is 12.9. The van der Waals surface area contributed by atoms with Crippen molar-refractivity contribution in [1.82, 2.24) is 5.32 Å². The molecule has 1 amide bonds. The van der Waals surface area contributed by atoms with Gasteiger partial charge in [-0.15, -0.1) is 0 Å². The van der Waals surface area contributed by atoms with Gasteiger partial charge in [0.15, 0.2) is 5.78 Å². The van der Waals surface area contributed by atoms with Crippen LogP contribution in [0.5, 0.6) is 0 Å². The molecule has 1 aromatic rings. The minimum atomic E-state index is -0.432. The lowest BCUT2D eigenvalue weighted by molar-refractivity contribution is -0.118. The fourth-order valence-electron chi connectivity index (χ4n) is 2.66. The monoisotopic (exact) mass is 385 g/mol. The van der Waals surface area contributed by atoms with Gasteiger partial charge in [-0.25, -0.2) is 0 Å². The summed E-state index contributed by atoms with van der Waals surface area (Å²) in [5.74, 6) is 0.662. The Balaban J connectivity index is 3.00. The zero-order chi connectivity index (χ0) is 20.2. The number of hydrogen-bond acceptors (Lipinski definition) is 3. The van der Waals surface area contributed by atoms with E-state index in [1.807, 2.05) is 62.6 Å². The first kappa shape index (κ1) is 23.0. The Morgan fingerprint density at radius 2 is 1.93 bits per heavy atom. The molecule has 3 nitrogen and oxygen atoms in total. The Kier molecular flexibility index (Phi) is 10.5. The number of ketones is 1. The summed E-state index contributed by atoms with van der Waals surface area (Å²) in [4.78, 5) is 24.7. The van der Waals surface area contributed by atoms with Gasteiger partial charge in [-0.05, 0) is 64.2 Å². The van der Waals surface area contributed by atoms with Gasteiger partial charge in [-0.3, -0.25) is 9.59 Å². The molecular formula is C23H31NO2S. The van der Waals surface area contributed by atoms with Crippen LogP contribution in [0.3, 0.4) is 0 Å². The Labute approximate surface area is 168 Å². The van der Waals surface area contributed by atoms with E-state index < -0.39 is 6.04 Å². The lowest BCUT2D eigenvalue weighted by atomic mass is 9.97. The molecule has 0 spiro atoms. The topological polar surface area (TPSA) is 46.2 Å². The summed E-state index contributed by atoms with van der Waals surface area (Å²) >= 11 is 1.67. The second-order valence-electron chi connectivity index (χ2n) is 6.68. The Bertz CT molecular complexity index is 732. The van der Waals surface area contributed by atoms with Crippen molar-refractivity contribution >= 4 is 23.5 Å². The minimum Gasteiger partial charge on any atom is -0.342 e. The molecule has 0 aliphatic carbocycles. The van der Waals surface area contributed by atoms with Crippen LogP contribution in [0, 0.1) is 6.92 Å². The molecule has 0 saturated carbocycles. The van der Waals surface area contributed by atoms with Gasteiger partial charge in [0.05, 0.1) is 6.04 Å². The Morgan fingerprint density at radius 1 is 1.19 bits per heavy atom. The molecule has 1 rings (SSSR count). The van der Waals surface area contributed by atoms with Gasteiger partial charge in [-0.1, -0.05) is 53.6 Å². The number of allylic oxidation sites excluding steroid dienone is 6. The maximum Gasteiger partial charge on any atom is 0.252 e. The van der Waals surface area contributed by atoms with Crippen molar-refractivity contribution in [1.29, 1.82) is 0 Å². The molecule has 0 radical (unpaired) electrons. The van der Waals surface area contributed by atoms with Gasteiger partial charge >= 0.3 is 0 Å². The summed E-state index contributed by atoms with van der Waals surface area (Å²) in [5.41, 5.74) is 3.81. The van der Waals surface area contributed by atoms with E-state index in [0.717, 1.165) is 16.9 Å². The average Bonchev–Trinajstić information content (AvgIpc) is 2.63. The van der Waals surface area contributed by atoms with Crippen LogP contribution in [-0.2, 0) is 11.2 Å². The van der Waals surface area contributed by atoms with E-state index in [-0.39, 0.29) is 11.7 Å². The molecule has 1 N–H and O–H groups in total. The van der Waals surface area contributed by atoms with Crippen molar-refractivity contribution < 1.29 is 9.59 Å². The maximum atomic E-state index is 12.9. The summed E-state index contributed by atoms with van der Waals surface area (Å²) < 4.78 is 0. The molecule has 27 heavy (non-hydrogen) atoms. The Morgan fingerprint density at radius 3 is 2.56 bits per heavy atom. The van der Waals surface area contributed by atoms with Crippen molar-refractivity contribution in [3.8, 4) is 0 Å². The van der Waals surface area contributed by atoms with Gasteiger partial charge < -0.3 is 5.32 Å².